The fraction of sp³-hybridized carbons (Fsp3) is 0.500. The van der Waals surface area contributed by atoms with Crippen molar-refractivity contribution in [3.63, 3.8) is 0 Å². The number of hydrogen-bond acceptors (Lipinski definition) is 5. The average molecular weight is 361 g/mol. The van der Waals surface area contributed by atoms with Gasteiger partial charge in [-0.2, -0.15) is 5.10 Å². The molecule has 7 heteroatoms. The zero-order valence-electron chi connectivity index (χ0n) is 15.0. The molecule has 0 radical (unpaired) electrons. The molecule has 1 N–H and O–H groups in total. The quantitative estimate of drug-likeness (QED) is 0.847. The van der Waals surface area contributed by atoms with Crippen molar-refractivity contribution < 1.29 is 14.3 Å². The number of rotatable bonds is 4. The molecule has 0 aliphatic heterocycles. The number of ether oxygens (including phenoxy) is 1. The number of aromatic nitrogens is 2. The summed E-state index contributed by atoms with van der Waals surface area (Å²) in [6.45, 7) is 6.81. The molecule has 0 fully saturated rings. The van der Waals surface area contributed by atoms with Crippen molar-refractivity contribution in [1.29, 1.82) is 0 Å². The normalized spacial score (nSPS) is 16.4. The first-order valence-electron chi connectivity index (χ1n) is 8.53. The van der Waals surface area contributed by atoms with Gasteiger partial charge in [-0.15, -0.1) is 11.3 Å². The zero-order valence-corrected chi connectivity index (χ0v) is 15.8. The summed E-state index contributed by atoms with van der Waals surface area (Å²) in [4.78, 5) is 26.1. The lowest BCUT2D eigenvalue weighted by molar-refractivity contribution is 0.0601. The molecule has 2 aromatic rings. The van der Waals surface area contributed by atoms with Gasteiger partial charge in [0.25, 0.3) is 5.91 Å². The molecule has 0 saturated heterocycles. The standard InChI is InChI=1S/C18H23N3O3S/c1-5-21-11(3)9-13(20-21)16(22)19-17-15(18(23)24-4)12-7-6-10(2)8-14(12)25-17/h9-10H,5-8H2,1-4H3,(H,19,22)/t10-/m0/s1. The Balaban J connectivity index is 1.93. The van der Waals surface area contributed by atoms with Crippen molar-refractivity contribution in [2.45, 2.75) is 46.6 Å². The van der Waals surface area contributed by atoms with Crippen molar-refractivity contribution in [1.82, 2.24) is 9.78 Å². The molecule has 2 heterocycles. The van der Waals surface area contributed by atoms with Crippen molar-refractivity contribution in [2.75, 3.05) is 12.4 Å². The molecule has 1 aliphatic rings. The number of hydrogen-bond donors (Lipinski definition) is 1. The highest BCUT2D eigenvalue weighted by molar-refractivity contribution is 7.17. The highest BCUT2D eigenvalue weighted by atomic mass is 32.1. The molecule has 0 aromatic carbocycles. The van der Waals surface area contributed by atoms with Crippen molar-refractivity contribution in [2.24, 2.45) is 5.92 Å². The maximum atomic E-state index is 12.6. The molecular weight excluding hydrogens is 338 g/mol. The smallest absolute Gasteiger partial charge is 0.341 e. The van der Waals surface area contributed by atoms with Gasteiger partial charge in [0, 0.05) is 17.1 Å². The Hall–Kier alpha value is -2.15. The molecule has 2 aromatic heterocycles. The Bertz CT molecular complexity index is 822. The number of nitrogens with zero attached hydrogens (tertiary/aromatic N) is 2. The number of methoxy groups -OCH3 is 1. The lowest BCUT2D eigenvalue weighted by Gasteiger charge is -2.18. The first kappa shape index (κ1) is 17.7. The van der Waals surface area contributed by atoms with E-state index in [1.54, 1.807) is 10.7 Å². The van der Waals surface area contributed by atoms with Gasteiger partial charge in [-0.1, -0.05) is 6.92 Å². The van der Waals surface area contributed by atoms with E-state index in [9.17, 15) is 9.59 Å². The number of anilines is 1. The fourth-order valence-electron chi connectivity index (χ4n) is 3.27. The van der Waals surface area contributed by atoms with E-state index in [1.807, 2.05) is 13.8 Å². The molecule has 1 atom stereocenters. The predicted octanol–water partition coefficient (Wildman–Crippen LogP) is 3.44. The molecule has 3 rings (SSSR count). The summed E-state index contributed by atoms with van der Waals surface area (Å²) in [5.74, 6) is -0.104. The van der Waals surface area contributed by atoms with Gasteiger partial charge in [-0.3, -0.25) is 9.48 Å². The SMILES string of the molecule is CCn1nc(C(=O)Nc2sc3c(c2C(=O)OC)CC[C@H](C)C3)cc1C. The Morgan fingerprint density at radius 2 is 2.24 bits per heavy atom. The highest BCUT2D eigenvalue weighted by Crippen LogP contribution is 2.40. The van der Waals surface area contributed by atoms with E-state index in [0.29, 0.717) is 28.7 Å². The number of carbonyl (C=O) groups is 2. The molecular formula is C18H23N3O3S. The highest BCUT2D eigenvalue weighted by Gasteiger charge is 2.29. The Morgan fingerprint density at radius 3 is 2.88 bits per heavy atom. The van der Waals surface area contributed by atoms with Crippen LogP contribution in [0.15, 0.2) is 6.07 Å². The predicted molar refractivity (Wildman–Crippen MR) is 97.4 cm³/mol. The van der Waals surface area contributed by atoms with Crippen LogP contribution in [0.25, 0.3) is 0 Å². The number of fused-ring (bicyclic) bond motifs is 1. The summed E-state index contributed by atoms with van der Waals surface area (Å²) in [6, 6.07) is 1.76. The number of aryl methyl sites for hydroxylation is 2. The second kappa shape index (κ2) is 7.00. The van der Waals surface area contributed by atoms with Crippen LogP contribution in [0.4, 0.5) is 5.00 Å². The van der Waals surface area contributed by atoms with E-state index in [-0.39, 0.29) is 5.91 Å². The van der Waals surface area contributed by atoms with Gasteiger partial charge in [-0.25, -0.2) is 4.79 Å². The van der Waals surface area contributed by atoms with Gasteiger partial charge < -0.3 is 10.1 Å². The zero-order chi connectivity index (χ0) is 18.1. The van der Waals surface area contributed by atoms with Gasteiger partial charge >= 0.3 is 5.97 Å². The monoisotopic (exact) mass is 361 g/mol. The van der Waals surface area contributed by atoms with Gasteiger partial charge in [0.1, 0.15) is 5.00 Å². The lowest BCUT2D eigenvalue weighted by Crippen LogP contribution is -2.16. The van der Waals surface area contributed by atoms with Crippen LogP contribution in [0.3, 0.4) is 0 Å². The summed E-state index contributed by atoms with van der Waals surface area (Å²) in [5.41, 5.74) is 2.82. The number of carbonyl (C=O) groups excluding carboxylic acids is 2. The van der Waals surface area contributed by atoms with Crippen molar-refractivity contribution in [3.05, 3.63) is 33.5 Å². The lowest BCUT2D eigenvalue weighted by atomic mass is 9.88. The summed E-state index contributed by atoms with van der Waals surface area (Å²) in [7, 11) is 1.37. The van der Waals surface area contributed by atoms with Crippen LogP contribution in [0.1, 0.15) is 57.2 Å². The Morgan fingerprint density at radius 1 is 1.48 bits per heavy atom. The van der Waals surface area contributed by atoms with Crippen LogP contribution < -0.4 is 5.32 Å². The second-order valence-corrected chi connectivity index (χ2v) is 7.59. The molecule has 0 unspecified atom stereocenters. The van der Waals surface area contributed by atoms with E-state index < -0.39 is 5.97 Å². The van der Waals surface area contributed by atoms with Crippen LogP contribution in [0, 0.1) is 12.8 Å². The van der Waals surface area contributed by atoms with Crippen molar-refractivity contribution in [3.8, 4) is 0 Å². The third-order valence-corrected chi connectivity index (χ3v) is 5.81. The maximum absolute atomic E-state index is 12.6. The van der Waals surface area contributed by atoms with Gasteiger partial charge in [0.15, 0.2) is 5.69 Å². The maximum Gasteiger partial charge on any atom is 0.341 e. The van der Waals surface area contributed by atoms with E-state index in [1.165, 1.54) is 23.3 Å². The number of nitrogens with one attached hydrogen (secondary N) is 1. The Kier molecular flexibility index (Phi) is 4.94. The molecule has 134 valence electrons. The molecule has 25 heavy (non-hydrogen) atoms. The second-order valence-electron chi connectivity index (χ2n) is 6.49. The van der Waals surface area contributed by atoms with Crippen LogP contribution >= 0.6 is 11.3 Å². The van der Waals surface area contributed by atoms with Crippen LogP contribution in [-0.2, 0) is 24.1 Å². The van der Waals surface area contributed by atoms with Gasteiger partial charge in [-0.05, 0) is 50.7 Å². The van der Waals surface area contributed by atoms with Crippen molar-refractivity contribution >= 4 is 28.2 Å². The third kappa shape index (κ3) is 3.33. The fourth-order valence-corrected chi connectivity index (χ4v) is 4.66. The molecule has 1 aliphatic carbocycles. The minimum atomic E-state index is -0.391. The van der Waals surface area contributed by atoms with E-state index >= 15 is 0 Å². The van der Waals surface area contributed by atoms with E-state index in [4.69, 9.17) is 4.74 Å². The summed E-state index contributed by atoms with van der Waals surface area (Å²) < 4.78 is 6.73. The number of thiophene rings is 1. The van der Waals surface area contributed by atoms with Gasteiger partial charge in [0.05, 0.1) is 12.7 Å². The first-order valence-corrected chi connectivity index (χ1v) is 9.34. The first-order chi connectivity index (χ1) is 11.9. The van der Waals surface area contributed by atoms with E-state index in [2.05, 4.69) is 17.3 Å². The summed E-state index contributed by atoms with van der Waals surface area (Å²) in [6.07, 6.45) is 2.82. The van der Waals surface area contributed by atoms with Gasteiger partial charge in [0.2, 0.25) is 0 Å². The Labute approximate surface area is 151 Å². The summed E-state index contributed by atoms with van der Waals surface area (Å²) in [5, 5.41) is 7.76. The molecule has 0 saturated carbocycles. The molecule has 6 nitrogen and oxygen atoms in total. The minimum absolute atomic E-state index is 0.299. The molecule has 0 bridgehead atoms. The molecule has 0 spiro atoms. The number of esters is 1. The largest absolute Gasteiger partial charge is 0.465 e. The molecule has 1 amide bonds. The summed E-state index contributed by atoms with van der Waals surface area (Å²) >= 11 is 1.48. The number of amides is 1. The van der Waals surface area contributed by atoms with Crippen LogP contribution in [0.2, 0.25) is 0 Å². The third-order valence-electron chi connectivity index (χ3n) is 4.64. The van der Waals surface area contributed by atoms with Crippen LogP contribution in [0.5, 0.6) is 0 Å². The minimum Gasteiger partial charge on any atom is -0.465 e. The van der Waals surface area contributed by atoms with E-state index in [0.717, 1.165) is 30.5 Å². The average Bonchev–Trinajstić information content (AvgIpc) is 3.13. The topological polar surface area (TPSA) is 73.2 Å². The van der Waals surface area contributed by atoms with Crippen LogP contribution in [-0.4, -0.2) is 28.8 Å².